The van der Waals surface area contributed by atoms with E-state index in [9.17, 15) is 4.79 Å². The number of likely N-dealkylation sites (tertiary alicyclic amines) is 1. The zero-order valence-corrected chi connectivity index (χ0v) is 15.5. The van der Waals surface area contributed by atoms with E-state index >= 15 is 0 Å². The lowest BCUT2D eigenvalue weighted by atomic mass is 9.97. The summed E-state index contributed by atoms with van der Waals surface area (Å²) >= 11 is 0. The van der Waals surface area contributed by atoms with E-state index in [1.165, 1.54) is 5.69 Å². The standard InChI is InChI=1S/C20H28N4O/c1-16-13-17(2)24(21-16)14-18-9-11-23(12-10-18)15-20(25)22(3)19-7-5-4-6-8-19/h4-8,13,18H,9-12,14-15H2,1-3H3. The molecule has 1 aliphatic heterocycles. The fourth-order valence-electron chi connectivity index (χ4n) is 3.52. The molecule has 0 radical (unpaired) electrons. The molecule has 0 atom stereocenters. The molecule has 5 heteroatoms. The van der Waals surface area contributed by atoms with E-state index in [1.54, 1.807) is 4.90 Å². The van der Waals surface area contributed by atoms with Gasteiger partial charge in [0.2, 0.25) is 5.91 Å². The minimum atomic E-state index is 0.156. The quantitative estimate of drug-likeness (QED) is 0.840. The highest BCUT2D eigenvalue weighted by Crippen LogP contribution is 2.20. The maximum Gasteiger partial charge on any atom is 0.240 e. The van der Waals surface area contributed by atoms with Crippen LogP contribution >= 0.6 is 0 Å². The number of aryl methyl sites for hydroxylation is 2. The van der Waals surface area contributed by atoms with Gasteiger partial charge in [0.15, 0.2) is 0 Å². The molecule has 1 fully saturated rings. The third-order valence-corrected chi connectivity index (χ3v) is 5.12. The molecule has 3 rings (SSSR count). The monoisotopic (exact) mass is 340 g/mol. The van der Waals surface area contributed by atoms with Crippen LogP contribution in [-0.2, 0) is 11.3 Å². The molecule has 1 saturated heterocycles. The van der Waals surface area contributed by atoms with Crippen LogP contribution in [0, 0.1) is 19.8 Å². The van der Waals surface area contributed by atoms with Crippen LogP contribution in [0.2, 0.25) is 0 Å². The van der Waals surface area contributed by atoms with Crippen molar-refractivity contribution < 1.29 is 4.79 Å². The van der Waals surface area contributed by atoms with Crippen molar-refractivity contribution in [1.82, 2.24) is 14.7 Å². The summed E-state index contributed by atoms with van der Waals surface area (Å²) in [5.41, 5.74) is 3.27. The number of para-hydroxylation sites is 1. The first-order valence-corrected chi connectivity index (χ1v) is 9.08. The number of benzene rings is 1. The van der Waals surface area contributed by atoms with E-state index in [4.69, 9.17) is 0 Å². The SMILES string of the molecule is Cc1cc(C)n(CC2CCN(CC(=O)N(C)c3ccccc3)CC2)n1. The number of amides is 1. The Hall–Kier alpha value is -2.14. The summed E-state index contributed by atoms with van der Waals surface area (Å²) < 4.78 is 2.13. The molecule has 0 spiro atoms. The smallest absolute Gasteiger partial charge is 0.240 e. The number of nitrogens with zero attached hydrogens (tertiary/aromatic N) is 4. The number of piperidine rings is 1. The number of aromatic nitrogens is 2. The first kappa shape index (κ1) is 17.7. The van der Waals surface area contributed by atoms with Gasteiger partial charge in [-0.25, -0.2) is 0 Å². The van der Waals surface area contributed by atoms with Crippen LogP contribution in [-0.4, -0.2) is 47.3 Å². The first-order chi connectivity index (χ1) is 12.0. The van der Waals surface area contributed by atoms with Crippen LogP contribution in [0.1, 0.15) is 24.2 Å². The van der Waals surface area contributed by atoms with Gasteiger partial charge >= 0.3 is 0 Å². The van der Waals surface area contributed by atoms with Crippen molar-refractivity contribution in [2.24, 2.45) is 5.92 Å². The van der Waals surface area contributed by atoms with Crippen LogP contribution in [0.15, 0.2) is 36.4 Å². The predicted molar refractivity (Wildman–Crippen MR) is 101 cm³/mol. The molecule has 0 unspecified atom stereocenters. The Morgan fingerprint density at radius 3 is 2.48 bits per heavy atom. The Morgan fingerprint density at radius 2 is 1.88 bits per heavy atom. The van der Waals surface area contributed by atoms with E-state index in [1.807, 2.05) is 44.3 Å². The highest BCUT2D eigenvalue weighted by molar-refractivity contribution is 5.94. The molecule has 5 nitrogen and oxygen atoms in total. The van der Waals surface area contributed by atoms with Gasteiger partial charge in [0.05, 0.1) is 12.2 Å². The average Bonchev–Trinajstić information content (AvgIpc) is 2.94. The molecule has 1 aromatic carbocycles. The number of likely N-dealkylation sites (N-methyl/N-ethyl adjacent to an activating group) is 1. The molecule has 0 aliphatic carbocycles. The molecule has 2 heterocycles. The first-order valence-electron chi connectivity index (χ1n) is 9.08. The lowest BCUT2D eigenvalue weighted by molar-refractivity contribution is -0.119. The highest BCUT2D eigenvalue weighted by atomic mass is 16.2. The maximum absolute atomic E-state index is 12.5. The summed E-state index contributed by atoms with van der Waals surface area (Å²) in [5, 5.41) is 4.57. The second-order valence-electron chi connectivity index (χ2n) is 7.12. The minimum absolute atomic E-state index is 0.156. The summed E-state index contributed by atoms with van der Waals surface area (Å²) in [4.78, 5) is 16.5. The van der Waals surface area contributed by atoms with Crippen molar-refractivity contribution in [3.63, 3.8) is 0 Å². The molecule has 1 aliphatic rings. The molecule has 0 N–H and O–H groups in total. The van der Waals surface area contributed by atoms with Crippen molar-refractivity contribution in [3.05, 3.63) is 47.8 Å². The predicted octanol–water partition coefficient (Wildman–Crippen LogP) is 2.87. The lowest BCUT2D eigenvalue weighted by Crippen LogP contribution is -2.42. The average molecular weight is 340 g/mol. The van der Waals surface area contributed by atoms with Crippen LogP contribution in [0.4, 0.5) is 5.69 Å². The molecule has 0 bridgehead atoms. The molecule has 1 amide bonds. The third-order valence-electron chi connectivity index (χ3n) is 5.12. The Bertz CT molecular complexity index is 702. The topological polar surface area (TPSA) is 41.4 Å². The summed E-state index contributed by atoms with van der Waals surface area (Å²) in [5.74, 6) is 0.805. The van der Waals surface area contributed by atoms with E-state index in [2.05, 4.69) is 27.7 Å². The number of rotatable bonds is 5. The molecular formula is C20H28N4O. The molecular weight excluding hydrogens is 312 g/mol. The maximum atomic E-state index is 12.5. The molecule has 134 valence electrons. The Labute approximate surface area is 150 Å². The van der Waals surface area contributed by atoms with Gasteiger partial charge in [0.25, 0.3) is 0 Å². The zero-order valence-electron chi connectivity index (χ0n) is 15.5. The third kappa shape index (κ3) is 4.48. The number of hydrogen-bond donors (Lipinski definition) is 0. The van der Waals surface area contributed by atoms with Crippen molar-refractivity contribution in [2.45, 2.75) is 33.2 Å². The van der Waals surface area contributed by atoms with Gasteiger partial charge in [-0.1, -0.05) is 18.2 Å². The molecule has 25 heavy (non-hydrogen) atoms. The second-order valence-corrected chi connectivity index (χ2v) is 7.12. The van der Waals surface area contributed by atoms with Crippen molar-refractivity contribution >= 4 is 11.6 Å². The summed E-state index contributed by atoms with van der Waals surface area (Å²) in [6, 6.07) is 12.0. The van der Waals surface area contributed by atoms with Crippen molar-refractivity contribution in [3.8, 4) is 0 Å². The largest absolute Gasteiger partial charge is 0.314 e. The minimum Gasteiger partial charge on any atom is -0.314 e. The number of carbonyl (C=O) groups is 1. The number of anilines is 1. The van der Waals surface area contributed by atoms with Gasteiger partial charge in [-0.15, -0.1) is 0 Å². The van der Waals surface area contributed by atoms with Crippen LogP contribution in [0.5, 0.6) is 0 Å². The Kier molecular flexibility index (Phi) is 5.53. The summed E-state index contributed by atoms with van der Waals surface area (Å²) in [7, 11) is 1.85. The van der Waals surface area contributed by atoms with Crippen LogP contribution < -0.4 is 4.90 Å². The van der Waals surface area contributed by atoms with Gasteiger partial charge in [-0.3, -0.25) is 14.4 Å². The molecule has 0 saturated carbocycles. The summed E-state index contributed by atoms with van der Waals surface area (Å²) in [6.07, 6.45) is 2.25. The van der Waals surface area contributed by atoms with Crippen LogP contribution in [0.3, 0.4) is 0 Å². The van der Waals surface area contributed by atoms with E-state index < -0.39 is 0 Å². The fraction of sp³-hybridized carbons (Fsp3) is 0.500. The summed E-state index contributed by atoms with van der Waals surface area (Å²) in [6.45, 7) is 7.62. The van der Waals surface area contributed by atoms with Gasteiger partial charge in [0, 0.05) is 25.0 Å². The van der Waals surface area contributed by atoms with Crippen molar-refractivity contribution in [1.29, 1.82) is 0 Å². The normalized spacial score (nSPS) is 16.1. The van der Waals surface area contributed by atoms with Gasteiger partial charge in [0.1, 0.15) is 0 Å². The molecule has 2 aromatic rings. The zero-order chi connectivity index (χ0) is 17.8. The fourth-order valence-corrected chi connectivity index (χ4v) is 3.52. The van der Waals surface area contributed by atoms with Crippen LogP contribution in [0.25, 0.3) is 0 Å². The second kappa shape index (κ2) is 7.83. The van der Waals surface area contributed by atoms with E-state index in [0.717, 1.165) is 43.9 Å². The van der Waals surface area contributed by atoms with Crippen molar-refractivity contribution in [2.75, 3.05) is 31.6 Å². The van der Waals surface area contributed by atoms with Gasteiger partial charge in [-0.2, -0.15) is 5.10 Å². The number of hydrogen-bond acceptors (Lipinski definition) is 3. The number of carbonyl (C=O) groups excluding carboxylic acids is 1. The Balaban J connectivity index is 1.47. The van der Waals surface area contributed by atoms with E-state index in [0.29, 0.717) is 12.5 Å². The Morgan fingerprint density at radius 1 is 1.20 bits per heavy atom. The highest BCUT2D eigenvalue weighted by Gasteiger charge is 2.23. The molecule has 1 aromatic heterocycles. The lowest BCUT2D eigenvalue weighted by Gasteiger charge is -2.32. The van der Waals surface area contributed by atoms with E-state index in [-0.39, 0.29) is 5.91 Å². The van der Waals surface area contributed by atoms with Gasteiger partial charge < -0.3 is 4.90 Å². The van der Waals surface area contributed by atoms with Gasteiger partial charge in [-0.05, 0) is 63.9 Å².